The van der Waals surface area contributed by atoms with Crippen molar-refractivity contribution in [2.75, 3.05) is 0 Å². The van der Waals surface area contributed by atoms with E-state index in [1.54, 1.807) is 0 Å². The van der Waals surface area contributed by atoms with Crippen molar-refractivity contribution in [3.05, 3.63) is 164 Å². The predicted molar refractivity (Wildman–Crippen MR) is 217 cm³/mol. The van der Waals surface area contributed by atoms with E-state index in [0.29, 0.717) is 17.5 Å². The molecule has 5 heteroatoms. The number of para-hydroxylation sites is 1. The van der Waals surface area contributed by atoms with Crippen LogP contribution in [0.25, 0.3) is 109 Å². The van der Waals surface area contributed by atoms with E-state index in [4.69, 9.17) is 19.4 Å². The molecule has 0 N–H and O–H groups in total. The molecule has 0 aliphatic rings. The number of benzene rings is 8. The third-order valence-corrected chi connectivity index (χ3v) is 11.3. The predicted octanol–water partition coefficient (Wildman–Crippen LogP) is 13.1. The number of nitrogens with zero attached hydrogens (tertiary/aromatic N) is 3. The highest BCUT2D eigenvalue weighted by Crippen LogP contribution is 2.42. The van der Waals surface area contributed by atoms with Gasteiger partial charge < -0.3 is 4.42 Å². The summed E-state index contributed by atoms with van der Waals surface area (Å²) >= 11 is 1.84. The van der Waals surface area contributed by atoms with E-state index in [-0.39, 0.29) is 0 Å². The number of aromatic nitrogens is 3. The smallest absolute Gasteiger partial charge is 0.164 e. The molecule has 8 aromatic carbocycles. The topological polar surface area (TPSA) is 51.8 Å². The van der Waals surface area contributed by atoms with E-state index in [0.717, 1.165) is 60.4 Å². The third kappa shape index (κ3) is 4.64. The Labute approximate surface area is 302 Å². The van der Waals surface area contributed by atoms with Crippen molar-refractivity contribution < 1.29 is 4.42 Å². The molecule has 0 unspecified atom stereocenters. The summed E-state index contributed by atoms with van der Waals surface area (Å²) in [4.78, 5) is 15.6. The SMILES string of the molecule is c1ccc2cc(-c3nc(-c4ccc5c(c4)oc4ccccc45)nc(-c4cc(-c5cccc6c5sc5ccccc56)cc5ccccc45)n3)ccc2c1. The third-order valence-electron chi connectivity index (χ3n) is 10.1. The Balaban J connectivity index is 1.16. The van der Waals surface area contributed by atoms with Crippen molar-refractivity contribution in [2.45, 2.75) is 0 Å². The Hall–Kier alpha value is -6.69. The Bertz CT molecular complexity index is 3210. The lowest BCUT2D eigenvalue weighted by Gasteiger charge is -2.13. The van der Waals surface area contributed by atoms with Crippen LogP contribution in [0.1, 0.15) is 0 Å². The van der Waals surface area contributed by atoms with Crippen LogP contribution in [0.3, 0.4) is 0 Å². The van der Waals surface area contributed by atoms with E-state index < -0.39 is 0 Å². The van der Waals surface area contributed by atoms with Crippen LogP contribution < -0.4 is 0 Å². The second-order valence-corrected chi connectivity index (χ2v) is 14.3. The largest absolute Gasteiger partial charge is 0.456 e. The second-order valence-electron chi connectivity index (χ2n) is 13.2. The first kappa shape index (κ1) is 29.1. The first-order chi connectivity index (χ1) is 25.7. The highest BCUT2D eigenvalue weighted by molar-refractivity contribution is 7.26. The molecule has 3 heterocycles. The van der Waals surface area contributed by atoms with Gasteiger partial charge in [-0.25, -0.2) is 15.0 Å². The molecule has 0 aliphatic heterocycles. The minimum atomic E-state index is 0.594. The normalized spacial score (nSPS) is 11.8. The zero-order valence-corrected chi connectivity index (χ0v) is 28.6. The van der Waals surface area contributed by atoms with Crippen molar-refractivity contribution in [3.8, 4) is 45.3 Å². The lowest BCUT2D eigenvalue weighted by atomic mass is 9.95. The summed E-state index contributed by atoms with van der Waals surface area (Å²) in [6, 6.07) is 57.5. The fourth-order valence-corrected chi connectivity index (χ4v) is 8.81. The highest BCUT2D eigenvalue weighted by atomic mass is 32.1. The van der Waals surface area contributed by atoms with Crippen LogP contribution in [-0.4, -0.2) is 15.0 Å². The molecule has 4 nitrogen and oxygen atoms in total. The van der Waals surface area contributed by atoms with Gasteiger partial charge in [0.05, 0.1) is 0 Å². The van der Waals surface area contributed by atoms with Gasteiger partial charge in [-0.15, -0.1) is 11.3 Å². The fourth-order valence-electron chi connectivity index (χ4n) is 7.57. The molecule has 11 aromatic rings. The van der Waals surface area contributed by atoms with E-state index in [9.17, 15) is 0 Å². The Morgan fingerprint density at radius 3 is 1.88 bits per heavy atom. The van der Waals surface area contributed by atoms with Gasteiger partial charge in [0, 0.05) is 47.6 Å². The molecule has 0 aliphatic carbocycles. The van der Waals surface area contributed by atoms with Crippen LogP contribution in [-0.2, 0) is 0 Å². The molecule has 0 spiro atoms. The quantitative estimate of drug-likeness (QED) is 0.185. The summed E-state index contributed by atoms with van der Waals surface area (Å²) < 4.78 is 8.86. The van der Waals surface area contributed by atoms with Gasteiger partial charge in [0.25, 0.3) is 0 Å². The zero-order valence-electron chi connectivity index (χ0n) is 27.7. The van der Waals surface area contributed by atoms with Gasteiger partial charge in [-0.3, -0.25) is 0 Å². The minimum Gasteiger partial charge on any atom is -0.456 e. The molecule has 0 saturated heterocycles. The standard InChI is InChI=1S/C47H27N3OS/c1-2-11-29-24-31(21-20-28(29)10-1)45-48-46(32-22-23-37-36-14-5-7-18-41(36)51-42(37)27-32)50-47(49-45)40-26-33(25-30-12-3-4-13-34(30)40)35-16-9-17-39-38-15-6-8-19-43(38)52-44(35)39/h1-27H. The Kier molecular flexibility index (Phi) is 6.39. The molecular formula is C47H27N3OS. The average Bonchev–Trinajstić information content (AvgIpc) is 3.78. The van der Waals surface area contributed by atoms with E-state index in [2.05, 4.69) is 146 Å². The molecule has 3 aromatic heterocycles. The average molecular weight is 682 g/mol. The van der Waals surface area contributed by atoms with Crippen molar-refractivity contribution in [1.29, 1.82) is 0 Å². The van der Waals surface area contributed by atoms with E-state index in [1.165, 1.54) is 31.1 Å². The van der Waals surface area contributed by atoms with Gasteiger partial charge in [0.1, 0.15) is 11.2 Å². The molecule has 0 atom stereocenters. The lowest BCUT2D eigenvalue weighted by molar-refractivity contribution is 0.669. The van der Waals surface area contributed by atoms with Crippen molar-refractivity contribution in [1.82, 2.24) is 15.0 Å². The van der Waals surface area contributed by atoms with Gasteiger partial charge in [-0.05, 0) is 75.1 Å². The van der Waals surface area contributed by atoms with Crippen molar-refractivity contribution >= 4 is 75.0 Å². The van der Waals surface area contributed by atoms with Crippen LogP contribution in [0.2, 0.25) is 0 Å². The molecule has 0 radical (unpaired) electrons. The number of hydrogen-bond acceptors (Lipinski definition) is 5. The van der Waals surface area contributed by atoms with Crippen molar-refractivity contribution in [2.24, 2.45) is 0 Å². The van der Waals surface area contributed by atoms with E-state index >= 15 is 0 Å². The number of rotatable bonds is 4. The molecule has 0 amide bonds. The molecule has 0 fully saturated rings. The minimum absolute atomic E-state index is 0.594. The number of hydrogen-bond donors (Lipinski definition) is 0. The van der Waals surface area contributed by atoms with Crippen LogP contribution in [0.15, 0.2) is 168 Å². The van der Waals surface area contributed by atoms with Gasteiger partial charge in [0.2, 0.25) is 0 Å². The molecular weight excluding hydrogens is 655 g/mol. The zero-order chi connectivity index (χ0) is 34.2. The molecule has 52 heavy (non-hydrogen) atoms. The van der Waals surface area contributed by atoms with Gasteiger partial charge >= 0.3 is 0 Å². The lowest BCUT2D eigenvalue weighted by Crippen LogP contribution is -2.01. The Morgan fingerprint density at radius 1 is 0.365 bits per heavy atom. The summed E-state index contributed by atoms with van der Waals surface area (Å²) in [7, 11) is 0. The number of fused-ring (bicyclic) bond motifs is 8. The maximum Gasteiger partial charge on any atom is 0.164 e. The molecule has 242 valence electrons. The first-order valence-electron chi connectivity index (χ1n) is 17.3. The number of thiophene rings is 1. The first-order valence-corrected chi connectivity index (χ1v) is 18.2. The fraction of sp³-hybridized carbons (Fsp3) is 0. The summed E-state index contributed by atoms with van der Waals surface area (Å²) in [6.45, 7) is 0. The summed E-state index contributed by atoms with van der Waals surface area (Å²) in [6.07, 6.45) is 0. The molecule has 0 bridgehead atoms. The van der Waals surface area contributed by atoms with Crippen LogP contribution >= 0.6 is 11.3 Å². The van der Waals surface area contributed by atoms with Gasteiger partial charge in [0.15, 0.2) is 17.5 Å². The number of furan rings is 1. The van der Waals surface area contributed by atoms with Gasteiger partial charge in [-0.1, -0.05) is 121 Å². The summed E-state index contributed by atoms with van der Waals surface area (Å²) in [5.41, 5.74) is 6.75. The monoisotopic (exact) mass is 681 g/mol. The maximum atomic E-state index is 6.30. The second kappa shape index (κ2) is 11.4. The van der Waals surface area contributed by atoms with Crippen LogP contribution in [0.5, 0.6) is 0 Å². The molecule has 0 saturated carbocycles. The van der Waals surface area contributed by atoms with Crippen LogP contribution in [0.4, 0.5) is 0 Å². The van der Waals surface area contributed by atoms with Gasteiger partial charge in [-0.2, -0.15) is 0 Å². The maximum absolute atomic E-state index is 6.30. The summed E-state index contributed by atoms with van der Waals surface area (Å²) in [5.74, 6) is 1.84. The van der Waals surface area contributed by atoms with E-state index in [1.807, 2.05) is 29.5 Å². The van der Waals surface area contributed by atoms with Crippen LogP contribution in [0, 0.1) is 0 Å². The highest BCUT2D eigenvalue weighted by Gasteiger charge is 2.19. The summed E-state index contributed by atoms with van der Waals surface area (Å²) in [5, 5.41) is 9.24. The molecule has 11 rings (SSSR count). The van der Waals surface area contributed by atoms with Crippen molar-refractivity contribution in [3.63, 3.8) is 0 Å². The Morgan fingerprint density at radius 2 is 1.00 bits per heavy atom.